The van der Waals surface area contributed by atoms with E-state index in [4.69, 9.17) is 4.52 Å². The largest absolute Gasteiger partial charge is 0.370 e. The van der Waals surface area contributed by atoms with E-state index in [2.05, 4.69) is 63.8 Å². The van der Waals surface area contributed by atoms with Gasteiger partial charge in [0.2, 0.25) is 0 Å². The average Bonchev–Trinajstić information content (AvgIpc) is 3.19. The summed E-state index contributed by atoms with van der Waals surface area (Å²) in [5.74, 6) is 4.36. The molecule has 1 aliphatic rings. The Balaban J connectivity index is 0.00000280. The van der Waals surface area contributed by atoms with Crippen molar-refractivity contribution in [2.24, 2.45) is 4.99 Å². The van der Waals surface area contributed by atoms with Crippen molar-refractivity contribution in [3.05, 3.63) is 47.3 Å². The maximum atomic E-state index is 5.35. The Labute approximate surface area is 188 Å². The predicted molar refractivity (Wildman–Crippen MR) is 129 cm³/mol. The Morgan fingerprint density at radius 3 is 2.46 bits per heavy atom. The first-order chi connectivity index (χ1) is 13.2. The van der Waals surface area contributed by atoms with Gasteiger partial charge in [-0.3, -0.25) is 4.99 Å². The fraction of sp³-hybridized carbons (Fsp3) is 0.500. The molecular formula is C20H30IN5OS. The van der Waals surface area contributed by atoms with Crippen LogP contribution in [0.3, 0.4) is 0 Å². The lowest BCUT2D eigenvalue weighted by Gasteiger charge is -2.28. The van der Waals surface area contributed by atoms with Crippen LogP contribution in [0.25, 0.3) is 0 Å². The zero-order valence-corrected chi connectivity index (χ0v) is 19.9. The monoisotopic (exact) mass is 515 g/mol. The Bertz CT molecular complexity index is 741. The van der Waals surface area contributed by atoms with E-state index in [0.717, 1.165) is 37.0 Å². The number of aromatic nitrogens is 1. The van der Waals surface area contributed by atoms with Gasteiger partial charge >= 0.3 is 0 Å². The highest BCUT2D eigenvalue weighted by atomic mass is 127. The number of halogens is 1. The van der Waals surface area contributed by atoms with Gasteiger partial charge in [0.15, 0.2) is 11.7 Å². The number of benzene rings is 1. The minimum atomic E-state index is 0. The molecule has 0 atom stereocenters. The summed E-state index contributed by atoms with van der Waals surface area (Å²) in [6.07, 6.45) is 0. The molecule has 154 valence electrons. The van der Waals surface area contributed by atoms with Crippen LogP contribution in [0.4, 0.5) is 5.69 Å². The average molecular weight is 515 g/mol. The molecule has 0 radical (unpaired) electrons. The molecule has 1 aromatic carbocycles. The van der Waals surface area contributed by atoms with Crippen molar-refractivity contribution in [1.82, 2.24) is 15.8 Å². The number of hydrogen-bond acceptors (Lipinski definition) is 5. The van der Waals surface area contributed by atoms with Crippen molar-refractivity contribution >= 4 is 47.4 Å². The third-order valence-corrected chi connectivity index (χ3v) is 5.54. The van der Waals surface area contributed by atoms with E-state index in [1.807, 2.05) is 17.8 Å². The first kappa shape index (κ1) is 22.9. The van der Waals surface area contributed by atoms with Crippen molar-refractivity contribution in [2.45, 2.75) is 32.9 Å². The molecule has 1 aliphatic heterocycles. The molecule has 8 heteroatoms. The predicted octanol–water partition coefficient (Wildman–Crippen LogP) is 3.83. The highest BCUT2D eigenvalue weighted by Crippen LogP contribution is 2.19. The minimum absolute atomic E-state index is 0. The first-order valence-electron chi connectivity index (χ1n) is 9.47. The zero-order chi connectivity index (χ0) is 19.1. The molecule has 0 bridgehead atoms. The van der Waals surface area contributed by atoms with E-state index < -0.39 is 0 Å². The van der Waals surface area contributed by atoms with Crippen LogP contribution >= 0.6 is 35.7 Å². The van der Waals surface area contributed by atoms with E-state index >= 15 is 0 Å². The maximum absolute atomic E-state index is 5.35. The molecule has 1 saturated heterocycles. The second-order valence-electron chi connectivity index (χ2n) is 6.92. The van der Waals surface area contributed by atoms with Gasteiger partial charge in [-0.15, -0.1) is 24.0 Å². The van der Waals surface area contributed by atoms with E-state index in [1.54, 1.807) is 7.05 Å². The van der Waals surface area contributed by atoms with Crippen molar-refractivity contribution in [3.8, 4) is 0 Å². The normalized spacial score (nSPS) is 14.7. The standard InChI is InChI=1S/C20H29N5OS.HI/c1-15(2)19-12-18(26-24-19)14-23-20(21-3)22-13-16-4-6-17(7-5-16)25-8-10-27-11-9-25;/h4-7,12,15H,8-11,13-14H2,1-3H3,(H2,21,22,23);1H. The summed E-state index contributed by atoms with van der Waals surface area (Å²) in [6.45, 7) is 7.77. The van der Waals surface area contributed by atoms with E-state index in [0.29, 0.717) is 12.5 Å². The summed E-state index contributed by atoms with van der Waals surface area (Å²) in [7, 11) is 1.77. The smallest absolute Gasteiger partial charge is 0.191 e. The van der Waals surface area contributed by atoms with Crippen LogP contribution in [-0.2, 0) is 13.1 Å². The van der Waals surface area contributed by atoms with E-state index in [-0.39, 0.29) is 24.0 Å². The molecule has 0 unspecified atom stereocenters. The SMILES string of the molecule is CN=C(NCc1ccc(N2CCSCC2)cc1)NCc1cc(C(C)C)no1.I. The Morgan fingerprint density at radius 1 is 1.18 bits per heavy atom. The van der Waals surface area contributed by atoms with Crippen LogP contribution in [0, 0.1) is 0 Å². The molecule has 1 fully saturated rings. The molecule has 0 saturated carbocycles. The highest BCUT2D eigenvalue weighted by Gasteiger charge is 2.11. The van der Waals surface area contributed by atoms with Crippen molar-refractivity contribution < 1.29 is 4.52 Å². The molecular weight excluding hydrogens is 485 g/mol. The highest BCUT2D eigenvalue weighted by molar-refractivity contribution is 14.0. The van der Waals surface area contributed by atoms with Crippen molar-refractivity contribution in [3.63, 3.8) is 0 Å². The molecule has 0 aliphatic carbocycles. The van der Waals surface area contributed by atoms with Gasteiger partial charge < -0.3 is 20.1 Å². The van der Waals surface area contributed by atoms with Gasteiger partial charge in [-0.2, -0.15) is 11.8 Å². The zero-order valence-electron chi connectivity index (χ0n) is 16.8. The summed E-state index contributed by atoms with van der Waals surface area (Å²) >= 11 is 2.03. The summed E-state index contributed by atoms with van der Waals surface area (Å²) in [6, 6.07) is 10.8. The summed E-state index contributed by atoms with van der Waals surface area (Å²) in [4.78, 5) is 6.73. The van der Waals surface area contributed by atoms with Gasteiger partial charge in [-0.1, -0.05) is 31.1 Å². The molecule has 2 aromatic rings. The summed E-state index contributed by atoms with van der Waals surface area (Å²) in [5, 5.41) is 10.7. The maximum Gasteiger partial charge on any atom is 0.191 e. The number of rotatable bonds is 6. The fourth-order valence-corrected chi connectivity index (χ4v) is 3.81. The van der Waals surface area contributed by atoms with Gasteiger partial charge in [0, 0.05) is 49.9 Å². The van der Waals surface area contributed by atoms with Crippen molar-refractivity contribution in [2.75, 3.05) is 36.5 Å². The van der Waals surface area contributed by atoms with Crippen LogP contribution in [-0.4, -0.2) is 42.8 Å². The van der Waals surface area contributed by atoms with Gasteiger partial charge in [0.1, 0.15) is 0 Å². The lowest BCUT2D eigenvalue weighted by atomic mass is 10.1. The molecule has 3 rings (SSSR count). The summed E-state index contributed by atoms with van der Waals surface area (Å²) in [5.41, 5.74) is 3.52. The van der Waals surface area contributed by atoms with Crippen LogP contribution < -0.4 is 15.5 Å². The number of anilines is 1. The number of thioether (sulfide) groups is 1. The quantitative estimate of drug-likeness (QED) is 0.347. The third kappa shape index (κ3) is 6.58. The van der Waals surface area contributed by atoms with Gasteiger partial charge in [0.25, 0.3) is 0 Å². The first-order valence-corrected chi connectivity index (χ1v) is 10.6. The van der Waals surface area contributed by atoms with Gasteiger partial charge in [0.05, 0.1) is 12.2 Å². The Hall–Kier alpha value is -1.42. The molecule has 0 amide bonds. The number of nitrogens with one attached hydrogen (secondary N) is 2. The topological polar surface area (TPSA) is 65.7 Å². The van der Waals surface area contributed by atoms with Crippen LogP contribution in [0.15, 0.2) is 39.8 Å². The molecule has 2 heterocycles. The second-order valence-corrected chi connectivity index (χ2v) is 8.14. The number of guanidine groups is 1. The van der Waals surface area contributed by atoms with Crippen LogP contribution in [0.2, 0.25) is 0 Å². The lowest BCUT2D eigenvalue weighted by Crippen LogP contribution is -2.36. The molecule has 6 nitrogen and oxygen atoms in total. The Morgan fingerprint density at radius 2 is 1.86 bits per heavy atom. The second kappa shape index (κ2) is 11.5. The number of hydrogen-bond donors (Lipinski definition) is 2. The summed E-state index contributed by atoms with van der Waals surface area (Å²) < 4.78 is 5.35. The fourth-order valence-electron chi connectivity index (χ4n) is 2.91. The van der Waals surface area contributed by atoms with Crippen LogP contribution in [0.1, 0.15) is 36.8 Å². The number of nitrogens with zero attached hydrogens (tertiary/aromatic N) is 3. The third-order valence-electron chi connectivity index (χ3n) is 4.59. The molecule has 2 N–H and O–H groups in total. The van der Waals surface area contributed by atoms with Gasteiger partial charge in [-0.25, -0.2) is 0 Å². The molecule has 1 aromatic heterocycles. The number of aliphatic imine (C=N–C) groups is 1. The van der Waals surface area contributed by atoms with E-state index in [9.17, 15) is 0 Å². The minimum Gasteiger partial charge on any atom is -0.370 e. The van der Waals surface area contributed by atoms with Gasteiger partial charge in [-0.05, 0) is 23.6 Å². The molecule has 28 heavy (non-hydrogen) atoms. The van der Waals surface area contributed by atoms with Crippen molar-refractivity contribution in [1.29, 1.82) is 0 Å². The van der Waals surface area contributed by atoms with Crippen LogP contribution in [0.5, 0.6) is 0 Å². The lowest BCUT2D eigenvalue weighted by molar-refractivity contribution is 0.372. The van der Waals surface area contributed by atoms with E-state index in [1.165, 1.54) is 22.8 Å². The Kier molecular flexibility index (Phi) is 9.43. The molecule has 0 spiro atoms.